The first-order chi connectivity index (χ1) is 11.6. The Morgan fingerprint density at radius 3 is 2.88 bits per heavy atom. The van der Waals surface area contributed by atoms with Crippen LogP contribution in [0, 0.1) is 18.3 Å². The summed E-state index contributed by atoms with van der Waals surface area (Å²) < 4.78 is 5.43. The minimum atomic E-state index is -0.484. The summed E-state index contributed by atoms with van der Waals surface area (Å²) in [6.07, 6.45) is 0. The van der Waals surface area contributed by atoms with Crippen molar-refractivity contribution in [1.29, 1.82) is 5.26 Å². The van der Waals surface area contributed by atoms with Gasteiger partial charge in [-0.25, -0.2) is 4.98 Å². The van der Waals surface area contributed by atoms with E-state index in [2.05, 4.69) is 21.7 Å². The number of anilines is 2. The first-order valence-electron chi connectivity index (χ1n) is 7.50. The minimum Gasteiger partial charge on any atom is -0.441 e. The van der Waals surface area contributed by atoms with Crippen molar-refractivity contribution in [3.05, 3.63) is 53.9 Å². The summed E-state index contributed by atoms with van der Waals surface area (Å²) in [4.78, 5) is 16.6. The van der Waals surface area contributed by atoms with Crippen molar-refractivity contribution in [3.8, 4) is 6.07 Å². The maximum Gasteiger partial charge on any atom is 0.246 e. The maximum atomic E-state index is 12.3. The van der Waals surface area contributed by atoms with Gasteiger partial charge in [0.25, 0.3) is 0 Å². The summed E-state index contributed by atoms with van der Waals surface area (Å²) in [6.45, 7) is 3.54. The van der Waals surface area contributed by atoms with Crippen LogP contribution in [0.2, 0.25) is 0 Å². The molecule has 2 N–H and O–H groups in total. The molecular formula is C18H16N4O2. The van der Waals surface area contributed by atoms with Gasteiger partial charge in [-0.1, -0.05) is 12.1 Å². The number of hydrogen-bond acceptors (Lipinski definition) is 5. The summed E-state index contributed by atoms with van der Waals surface area (Å²) in [5, 5.41) is 15.0. The third kappa shape index (κ3) is 3.20. The molecule has 1 amide bonds. The first kappa shape index (κ1) is 15.6. The molecule has 1 aromatic heterocycles. The number of carbonyl (C=O) groups excluding carboxylic acids is 1. The number of para-hydroxylation sites is 1. The molecule has 3 rings (SSSR count). The zero-order valence-electron chi connectivity index (χ0n) is 13.3. The van der Waals surface area contributed by atoms with Crippen LogP contribution in [0.15, 0.2) is 46.9 Å². The second-order valence-electron chi connectivity index (χ2n) is 5.43. The van der Waals surface area contributed by atoms with E-state index in [-0.39, 0.29) is 5.91 Å². The number of nitrogens with zero attached hydrogens (tertiary/aromatic N) is 2. The van der Waals surface area contributed by atoms with E-state index in [1.165, 1.54) is 0 Å². The largest absolute Gasteiger partial charge is 0.441 e. The highest BCUT2D eigenvalue weighted by Crippen LogP contribution is 2.20. The molecule has 3 aromatic rings. The summed E-state index contributed by atoms with van der Waals surface area (Å²) in [5.41, 5.74) is 3.14. The Balaban J connectivity index is 1.72. The van der Waals surface area contributed by atoms with E-state index in [0.717, 1.165) is 11.2 Å². The Labute approximate surface area is 139 Å². The summed E-state index contributed by atoms with van der Waals surface area (Å²) >= 11 is 0. The molecule has 0 saturated carbocycles. The number of benzene rings is 2. The van der Waals surface area contributed by atoms with Gasteiger partial charge in [0.15, 0.2) is 11.5 Å². The Kier molecular flexibility index (Phi) is 4.17. The van der Waals surface area contributed by atoms with Gasteiger partial charge >= 0.3 is 0 Å². The normalized spacial score (nSPS) is 11.7. The molecule has 120 valence electrons. The van der Waals surface area contributed by atoms with Crippen molar-refractivity contribution >= 4 is 28.4 Å². The molecule has 1 heterocycles. The van der Waals surface area contributed by atoms with Crippen LogP contribution in [-0.2, 0) is 4.79 Å². The molecule has 24 heavy (non-hydrogen) atoms. The van der Waals surface area contributed by atoms with Gasteiger partial charge in [0.05, 0.1) is 11.3 Å². The average molecular weight is 320 g/mol. The Hall–Kier alpha value is -3.33. The zero-order chi connectivity index (χ0) is 17.1. The first-order valence-corrected chi connectivity index (χ1v) is 7.50. The highest BCUT2D eigenvalue weighted by molar-refractivity contribution is 5.97. The molecule has 0 aliphatic carbocycles. The number of hydrogen-bond donors (Lipinski definition) is 2. The number of rotatable bonds is 4. The summed E-state index contributed by atoms with van der Waals surface area (Å²) in [7, 11) is 0. The van der Waals surface area contributed by atoms with Crippen LogP contribution < -0.4 is 10.6 Å². The van der Waals surface area contributed by atoms with Crippen molar-refractivity contribution < 1.29 is 9.21 Å². The highest BCUT2D eigenvalue weighted by atomic mass is 16.3. The monoisotopic (exact) mass is 320 g/mol. The van der Waals surface area contributed by atoms with Crippen molar-refractivity contribution in [2.75, 3.05) is 10.6 Å². The standard InChI is InChI=1S/C18H16N4O2/c1-11(18(23)22-15-6-4-3-5-13(15)10-19)20-14-7-8-17-16(9-14)21-12(2)24-17/h3-9,11,20H,1-2H3,(H,22,23). The van der Waals surface area contributed by atoms with Gasteiger partial charge in [0.1, 0.15) is 17.6 Å². The van der Waals surface area contributed by atoms with Gasteiger partial charge in [-0.3, -0.25) is 4.79 Å². The molecule has 1 unspecified atom stereocenters. The Morgan fingerprint density at radius 1 is 1.29 bits per heavy atom. The van der Waals surface area contributed by atoms with Gasteiger partial charge in [0, 0.05) is 12.6 Å². The molecule has 0 radical (unpaired) electrons. The van der Waals surface area contributed by atoms with Crippen molar-refractivity contribution in [3.63, 3.8) is 0 Å². The smallest absolute Gasteiger partial charge is 0.246 e. The van der Waals surface area contributed by atoms with E-state index in [4.69, 9.17) is 9.68 Å². The maximum absolute atomic E-state index is 12.3. The van der Waals surface area contributed by atoms with E-state index in [1.54, 1.807) is 38.1 Å². The summed E-state index contributed by atoms with van der Waals surface area (Å²) in [5.74, 6) is 0.371. The van der Waals surface area contributed by atoms with Gasteiger partial charge in [-0.15, -0.1) is 0 Å². The molecule has 0 saturated heterocycles. The fourth-order valence-corrected chi connectivity index (χ4v) is 2.38. The SMILES string of the molecule is Cc1nc2cc(NC(C)C(=O)Nc3ccccc3C#N)ccc2o1. The fraction of sp³-hybridized carbons (Fsp3) is 0.167. The fourth-order valence-electron chi connectivity index (χ4n) is 2.38. The number of amides is 1. The number of aryl methyl sites for hydroxylation is 1. The molecule has 2 aromatic carbocycles. The number of oxazole rings is 1. The van der Waals surface area contributed by atoms with E-state index in [9.17, 15) is 4.79 Å². The van der Waals surface area contributed by atoms with E-state index >= 15 is 0 Å². The predicted molar refractivity (Wildman–Crippen MR) is 91.6 cm³/mol. The Morgan fingerprint density at radius 2 is 2.08 bits per heavy atom. The third-order valence-electron chi connectivity index (χ3n) is 3.58. The molecular weight excluding hydrogens is 304 g/mol. The average Bonchev–Trinajstić information content (AvgIpc) is 2.94. The lowest BCUT2D eigenvalue weighted by Crippen LogP contribution is -2.32. The van der Waals surface area contributed by atoms with Crippen molar-refractivity contribution in [2.45, 2.75) is 19.9 Å². The quantitative estimate of drug-likeness (QED) is 0.768. The lowest BCUT2D eigenvalue weighted by atomic mass is 10.2. The lowest BCUT2D eigenvalue weighted by Gasteiger charge is -2.15. The third-order valence-corrected chi connectivity index (χ3v) is 3.58. The highest BCUT2D eigenvalue weighted by Gasteiger charge is 2.15. The van der Waals surface area contributed by atoms with E-state index in [0.29, 0.717) is 22.7 Å². The van der Waals surface area contributed by atoms with Gasteiger partial charge in [0.2, 0.25) is 5.91 Å². The van der Waals surface area contributed by atoms with Crippen LogP contribution in [0.1, 0.15) is 18.4 Å². The second-order valence-corrected chi connectivity index (χ2v) is 5.43. The number of nitriles is 1. The number of fused-ring (bicyclic) bond motifs is 1. The summed E-state index contributed by atoms with van der Waals surface area (Å²) in [6, 6.07) is 13.9. The van der Waals surface area contributed by atoms with Crippen LogP contribution >= 0.6 is 0 Å². The van der Waals surface area contributed by atoms with Crippen LogP contribution in [0.4, 0.5) is 11.4 Å². The molecule has 0 aliphatic heterocycles. The lowest BCUT2D eigenvalue weighted by molar-refractivity contribution is -0.116. The molecule has 0 bridgehead atoms. The van der Waals surface area contributed by atoms with Crippen molar-refractivity contribution in [2.24, 2.45) is 0 Å². The second kappa shape index (κ2) is 6.42. The topological polar surface area (TPSA) is 91.0 Å². The van der Waals surface area contributed by atoms with Crippen LogP contribution in [0.25, 0.3) is 11.1 Å². The molecule has 0 aliphatic rings. The number of nitrogens with one attached hydrogen (secondary N) is 2. The van der Waals surface area contributed by atoms with Gasteiger partial charge in [-0.2, -0.15) is 5.26 Å². The van der Waals surface area contributed by atoms with Crippen LogP contribution in [0.5, 0.6) is 0 Å². The van der Waals surface area contributed by atoms with Gasteiger partial charge in [-0.05, 0) is 37.3 Å². The van der Waals surface area contributed by atoms with Crippen LogP contribution in [0.3, 0.4) is 0 Å². The van der Waals surface area contributed by atoms with Crippen LogP contribution in [-0.4, -0.2) is 16.9 Å². The minimum absolute atomic E-state index is 0.228. The van der Waals surface area contributed by atoms with E-state index in [1.807, 2.05) is 18.2 Å². The molecule has 6 heteroatoms. The number of aromatic nitrogens is 1. The predicted octanol–water partition coefficient (Wildman–Crippen LogP) is 3.45. The van der Waals surface area contributed by atoms with Crippen molar-refractivity contribution in [1.82, 2.24) is 4.98 Å². The number of carbonyl (C=O) groups is 1. The van der Waals surface area contributed by atoms with Gasteiger partial charge < -0.3 is 15.1 Å². The zero-order valence-corrected chi connectivity index (χ0v) is 13.3. The molecule has 1 atom stereocenters. The molecule has 6 nitrogen and oxygen atoms in total. The molecule has 0 spiro atoms. The van der Waals surface area contributed by atoms with E-state index < -0.39 is 6.04 Å². The molecule has 0 fully saturated rings. The Bertz CT molecular complexity index is 940.